The molecule has 0 aromatic heterocycles. The molecule has 0 aromatic carbocycles. The lowest BCUT2D eigenvalue weighted by atomic mass is 9.78. The zero-order valence-corrected chi connectivity index (χ0v) is 12.6. The average molecular weight is 254 g/mol. The molecule has 0 radical (unpaired) electrons. The molecule has 0 aromatic rings. The van der Waals surface area contributed by atoms with Crippen LogP contribution >= 0.6 is 0 Å². The standard InChI is InChI=1S/C15H30N2O/c1-13(2)11-17(12-14(3,4)18-13)15(10-16)8-6-5-7-9-15/h5-12,16H2,1-4H3. The predicted molar refractivity (Wildman–Crippen MR) is 75.7 cm³/mol. The van der Waals surface area contributed by atoms with Gasteiger partial charge in [0.1, 0.15) is 0 Å². The van der Waals surface area contributed by atoms with Crippen molar-refractivity contribution in [2.45, 2.75) is 76.5 Å². The fourth-order valence-electron chi connectivity index (χ4n) is 3.98. The van der Waals surface area contributed by atoms with Crippen molar-refractivity contribution in [3.05, 3.63) is 0 Å². The van der Waals surface area contributed by atoms with Gasteiger partial charge in [0.2, 0.25) is 0 Å². The largest absolute Gasteiger partial charge is 0.367 e. The van der Waals surface area contributed by atoms with E-state index in [0.717, 1.165) is 19.6 Å². The second-order valence-corrected chi connectivity index (χ2v) is 7.47. The van der Waals surface area contributed by atoms with E-state index in [1.807, 2.05) is 0 Å². The Morgan fingerprint density at radius 1 is 0.944 bits per heavy atom. The second-order valence-electron chi connectivity index (χ2n) is 7.47. The van der Waals surface area contributed by atoms with Crippen molar-refractivity contribution in [2.24, 2.45) is 5.73 Å². The molecule has 0 amide bonds. The number of morpholine rings is 1. The fraction of sp³-hybridized carbons (Fsp3) is 1.00. The van der Waals surface area contributed by atoms with Crippen molar-refractivity contribution < 1.29 is 4.74 Å². The molecule has 0 unspecified atom stereocenters. The molecule has 1 saturated heterocycles. The monoisotopic (exact) mass is 254 g/mol. The van der Waals surface area contributed by atoms with Gasteiger partial charge in [0.05, 0.1) is 11.2 Å². The van der Waals surface area contributed by atoms with E-state index in [1.165, 1.54) is 32.1 Å². The van der Waals surface area contributed by atoms with Crippen molar-refractivity contribution in [3.8, 4) is 0 Å². The summed E-state index contributed by atoms with van der Waals surface area (Å²) >= 11 is 0. The first kappa shape index (κ1) is 14.3. The Morgan fingerprint density at radius 2 is 1.44 bits per heavy atom. The Balaban J connectivity index is 2.19. The molecule has 0 atom stereocenters. The molecule has 2 aliphatic rings. The third kappa shape index (κ3) is 2.89. The van der Waals surface area contributed by atoms with Crippen molar-refractivity contribution >= 4 is 0 Å². The van der Waals surface area contributed by atoms with Crippen molar-refractivity contribution in [3.63, 3.8) is 0 Å². The van der Waals surface area contributed by atoms with Crippen LogP contribution in [0.1, 0.15) is 59.8 Å². The smallest absolute Gasteiger partial charge is 0.0761 e. The quantitative estimate of drug-likeness (QED) is 0.823. The summed E-state index contributed by atoms with van der Waals surface area (Å²) < 4.78 is 6.19. The lowest BCUT2D eigenvalue weighted by Crippen LogP contribution is -2.66. The molecule has 1 aliphatic heterocycles. The summed E-state index contributed by atoms with van der Waals surface area (Å²) in [6.45, 7) is 11.6. The van der Waals surface area contributed by atoms with E-state index < -0.39 is 0 Å². The highest BCUT2D eigenvalue weighted by Crippen LogP contribution is 2.38. The lowest BCUT2D eigenvalue weighted by molar-refractivity contribution is -0.202. The van der Waals surface area contributed by atoms with Gasteiger partial charge in [0.25, 0.3) is 0 Å². The van der Waals surface area contributed by atoms with Gasteiger partial charge in [-0.2, -0.15) is 0 Å². The summed E-state index contributed by atoms with van der Waals surface area (Å²) in [5.41, 5.74) is 6.26. The Labute approximate surface area is 112 Å². The van der Waals surface area contributed by atoms with Crippen molar-refractivity contribution in [1.82, 2.24) is 4.90 Å². The van der Waals surface area contributed by atoms with E-state index in [2.05, 4.69) is 32.6 Å². The molecule has 18 heavy (non-hydrogen) atoms. The van der Waals surface area contributed by atoms with Crippen LogP contribution in [0.3, 0.4) is 0 Å². The Bertz CT molecular complexity index is 277. The topological polar surface area (TPSA) is 38.5 Å². The van der Waals surface area contributed by atoms with Crippen LogP contribution in [0, 0.1) is 0 Å². The normalized spacial score (nSPS) is 31.2. The third-order valence-electron chi connectivity index (χ3n) is 4.53. The van der Waals surface area contributed by atoms with Gasteiger partial charge in [-0.05, 0) is 40.5 Å². The zero-order valence-electron chi connectivity index (χ0n) is 12.6. The maximum Gasteiger partial charge on any atom is 0.0761 e. The third-order valence-corrected chi connectivity index (χ3v) is 4.53. The van der Waals surface area contributed by atoms with Crippen LogP contribution < -0.4 is 5.73 Å². The van der Waals surface area contributed by atoms with Crippen LogP contribution in [-0.2, 0) is 4.74 Å². The Kier molecular flexibility index (Phi) is 3.79. The van der Waals surface area contributed by atoms with Crippen LogP contribution in [0.25, 0.3) is 0 Å². The molecule has 106 valence electrons. The van der Waals surface area contributed by atoms with E-state index in [1.54, 1.807) is 0 Å². The van der Waals surface area contributed by atoms with Gasteiger partial charge in [-0.15, -0.1) is 0 Å². The number of rotatable bonds is 2. The fourth-order valence-corrected chi connectivity index (χ4v) is 3.98. The van der Waals surface area contributed by atoms with Gasteiger partial charge < -0.3 is 10.5 Å². The first-order chi connectivity index (χ1) is 8.29. The zero-order chi connectivity index (χ0) is 13.4. The Hall–Kier alpha value is -0.120. The maximum absolute atomic E-state index is 6.19. The second kappa shape index (κ2) is 4.77. The van der Waals surface area contributed by atoms with Crippen molar-refractivity contribution in [1.29, 1.82) is 0 Å². The van der Waals surface area contributed by atoms with Gasteiger partial charge in [0.15, 0.2) is 0 Å². The van der Waals surface area contributed by atoms with E-state index in [-0.39, 0.29) is 16.7 Å². The van der Waals surface area contributed by atoms with Crippen LogP contribution in [-0.4, -0.2) is 41.3 Å². The maximum atomic E-state index is 6.19. The summed E-state index contributed by atoms with van der Waals surface area (Å²) in [6, 6.07) is 0. The molecule has 2 rings (SSSR count). The summed E-state index contributed by atoms with van der Waals surface area (Å²) in [4.78, 5) is 2.63. The lowest BCUT2D eigenvalue weighted by Gasteiger charge is -2.55. The van der Waals surface area contributed by atoms with Gasteiger partial charge in [-0.25, -0.2) is 0 Å². The number of nitrogens with zero attached hydrogens (tertiary/aromatic N) is 1. The molecule has 1 aliphatic carbocycles. The van der Waals surface area contributed by atoms with Gasteiger partial charge in [0, 0.05) is 25.2 Å². The molecule has 0 bridgehead atoms. The molecule has 1 saturated carbocycles. The SMILES string of the molecule is CC1(C)CN(C2(CN)CCCCC2)CC(C)(C)O1. The highest BCUT2D eigenvalue weighted by molar-refractivity contribution is 5.01. The Morgan fingerprint density at radius 3 is 1.89 bits per heavy atom. The molecule has 2 N–H and O–H groups in total. The van der Waals surface area contributed by atoms with Crippen LogP contribution in [0.2, 0.25) is 0 Å². The van der Waals surface area contributed by atoms with E-state index >= 15 is 0 Å². The molecule has 2 fully saturated rings. The number of hydrogen-bond acceptors (Lipinski definition) is 3. The van der Waals surface area contributed by atoms with Crippen LogP contribution in [0.4, 0.5) is 0 Å². The van der Waals surface area contributed by atoms with E-state index in [9.17, 15) is 0 Å². The number of nitrogens with two attached hydrogens (primary N) is 1. The predicted octanol–water partition coefficient (Wildman–Crippen LogP) is 2.54. The van der Waals surface area contributed by atoms with Gasteiger partial charge in [-0.3, -0.25) is 4.90 Å². The highest BCUT2D eigenvalue weighted by Gasteiger charge is 2.46. The summed E-state index contributed by atoms with van der Waals surface area (Å²) in [5, 5.41) is 0. The van der Waals surface area contributed by atoms with Gasteiger partial charge in [-0.1, -0.05) is 19.3 Å². The summed E-state index contributed by atoms with van der Waals surface area (Å²) in [6.07, 6.45) is 6.55. The average Bonchev–Trinajstić information content (AvgIpc) is 2.26. The first-order valence-electron chi connectivity index (χ1n) is 7.44. The van der Waals surface area contributed by atoms with E-state index in [4.69, 9.17) is 10.5 Å². The minimum absolute atomic E-state index is 0.0681. The van der Waals surface area contributed by atoms with Crippen LogP contribution in [0.15, 0.2) is 0 Å². The van der Waals surface area contributed by atoms with Gasteiger partial charge >= 0.3 is 0 Å². The summed E-state index contributed by atoms with van der Waals surface area (Å²) in [7, 11) is 0. The molecule has 1 heterocycles. The minimum Gasteiger partial charge on any atom is -0.367 e. The molecule has 3 heteroatoms. The number of ether oxygens (including phenoxy) is 1. The van der Waals surface area contributed by atoms with Crippen LogP contribution in [0.5, 0.6) is 0 Å². The van der Waals surface area contributed by atoms with Crippen molar-refractivity contribution in [2.75, 3.05) is 19.6 Å². The highest BCUT2D eigenvalue weighted by atomic mass is 16.5. The molecule has 0 spiro atoms. The number of hydrogen-bond donors (Lipinski definition) is 1. The summed E-state index contributed by atoms with van der Waals surface area (Å²) in [5.74, 6) is 0. The molecular formula is C15H30N2O. The van der Waals surface area contributed by atoms with E-state index in [0.29, 0.717) is 0 Å². The minimum atomic E-state index is -0.0681. The molecule has 3 nitrogen and oxygen atoms in total. The molecular weight excluding hydrogens is 224 g/mol. The first-order valence-corrected chi connectivity index (χ1v) is 7.44.